The van der Waals surface area contributed by atoms with Gasteiger partial charge in [0.15, 0.2) is 0 Å². The van der Waals surface area contributed by atoms with Gasteiger partial charge in [-0.15, -0.1) is 0 Å². The molecule has 0 aromatic rings. The minimum Gasteiger partial charge on any atom is -0.393 e. The van der Waals surface area contributed by atoms with E-state index >= 15 is 0 Å². The van der Waals surface area contributed by atoms with Crippen LogP contribution in [-0.4, -0.2) is 60.5 Å². The zero-order valence-electron chi connectivity index (χ0n) is 15.9. The first-order chi connectivity index (χ1) is 11.0. The van der Waals surface area contributed by atoms with Gasteiger partial charge in [0, 0.05) is 32.3 Å². The Balaban J connectivity index is 2.57. The molecule has 23 heavy (non-hydrogen) atoms. The van der Waals surface area contributed by atoms with Crippen LogP contribution in [0.5, 0.6) is 0 Å². The molecule has 1 fully saturated rings. The minimum absolute atomic E-state index is 0.0651. The van der Waals surface area contributed by atoms with Crippen LogP contribution in [0.2, 0.25) is 6.55 Å². The molecule has 0 radical (unpaired) electrons. The van der Waals surface area contributed by atoms with E-state index < -0.39 is 8.56 Å². The zero-order chi connectivity index (χ0) is 17.3. The zero-order valence-corrected chi connectivity index (χ0v) is 16.9. The third-order valence-corrected chi connectivity index (χ3v) is 8.02. The molecule has 1 aliphatic rings. The molecule has 0 aromatic carbocycles. The van der Waals surface area contributed by atoms with Crippen molar-refractivity contribution < 1.29 is 23.1 Å². The fraction of sp³-hybridized carbons (Fsp3) is 1.00. The predicted molar refractivity (Wildman–Crippen MR) is 93.9 cm³/mol. The van der Waals surface area contributed by atoms with Crippen molar-refractivity contribution in [2.45, 2.75) is 65.3 Å². The van der Waals surface area contributed by atoms with E-state index in [0.717, 1.165) is 32.5 Å². The lowest BCUT2D eigenvalue weighted by Crippen LogP contribution is -2.53. The number of rotatable bonds is 13. The lowest BCUT2D eigenvalue weighted by molar-refractivity contribution is -0.172. The van der Waals surface area contributed by atoms with Gasteiger partial charge in [-0.05, 0) is 46.6 Å². The van der Waals surface area contributed by atoms with Gasteiger partial charge in [0.2, 0.25) is 0 Å². The van der Waals surface area contributed by atoms with E-state index in [4.69, 9.17) is 23.1 Å². The second-order valence-corrected chi connectivity index (χ2v) is 9.88. The molecule has 2 atom stereocenters. The van der Waals surface area contributed by atoms with Gasteiger partial charge >= 0.3 is 8.56 Å². The van der Waals surface area contributed by atoms with Crippen molar-refractivity contribution in [2.75, 3.05) is 40.1 Å². The summed E-state index contributed by atoms with van der Waals surface area (Å²) in [6.07, 6.45) is 3.25. The number of ether oxygens (including phenoxy) is 3. The molecule has 0 spiro atoms. The topological polar surface area (TPSA) is 46.2 Å². The molecule has 1 saturated heterocycles. The Hall–Kier alpha value is 0.0169. The van der Waals surface area contributed by atoms with Crippen LogP contribution in [0, 0.1) is 5.41 Å². The van der Waals surface area contributed by atoms with Gasteiger partial charge in [0.25, 0.3) is 0 Å². The first-order valence-electron chi connectivity index (χ1n) is 8.95. The summed E-state index contributed by atoms with van der Waals surface area (Å²) in [5.41, 5.74) is 0.228. The average Bonchev–Trinajstić information content (AvgIpc) is 2.48. The molecule has 0 bridgehead atoms. The maximum Gasteiger partial charge on any atom is 0.364 e. The molecule has 138 valence electrons. The van der Waals surface area contributed by atoms with Gasteiger partial charge in [-0.2, -0.15) is 0 Å². The van der Waals surface area contributed by atoms with E-state index in [2.05, 4.69) is 13.5 Å². The number of hydrogen-bond acceptors (Lipinski definition) is 5. The maximum absolute atomic E-state index is 6.01. The monoisotopic (exact) mass is 348 g/mol. The molecule has 5 nitrogen and oxygen atoms in total. The smallest absolute Gasteiger partial charge is 0.364 e. The average molecular weight is 349 g/mol. The van der Waals surface area contributed by atoms with Crippen LogP contribution in [-0.2, 0) is 23.1 Å². The maximum atomic E-state index is 6.01. The fourth-order valence-electron chi connectivity index (χ4n) is 3.35. The highest BCUT2D eigenvalue weighted by Crippen LogP contribution is 2.35. The lowest BCUT2D eigenvalue weighted by Gasteiger charge is -2.44. The van der Waals surface area contributed by atoms with E-state index in [1.807, 2.05) is 20.8 Å². The Labute approximate surface area is 143 Å². The molecule has 1 heterocycles. The molecular weight excluding hydrogens is 312 g/mol. The summed E-state index contributed by atoms with van der Waals surface area (Å²) in [7, 11) is -0.511. The second kappa shape index (κ2) is 10.1. The molecule has 0 aliphatic carbocycles. The molecule has 6 heteroatoms. The molecule has 1 rings (SSSR count). The lowest BCUT2D eigenvalue weighted by atomic mass is 9.80. The summed E-state index contributed by atoms with van der Waals surface area (Å²) in [6.45, 7) is 14.0. The normalized spacial score (nSPS) is 20.1. The van der Waals surface area contributed by atoms with Crippen LogP contribution < -0.4 is 0 Å². The van der Waals surface area contributed by atoms with Crippen LogP contribution in [0.1, 0.15) is 47.0 Å². The predicted octanol–water partition coefficient (Wildman–Crippen LogP) is 3.30. The fourth-order valence-corrected chi connectivity index (χ4v) is 6.15. The van der Waals surface area contributed by atoms with Crippen molar-refractivity contribution in [3.8, 4) is 0 Å². The van der Waals surface area contributed by atoms with Gasteiger partial charge in [-0.1, -0.05) is 6.92 Å². The van der Waals surface area contributed by atoms with Gasteiger partial charge in [-0.3, -0.25) is 0 Å². The Kier molecular flexibility index (Phi) is 9.26. The third kappa shape index (κ3) is 5.79. The minimum atomic E-state index is -2.31. The Morgan fingerprint density at radius 2 is 1.65 bits per heavy atom. The van der Waals surface area contributed by atoms with Crippen LogP contribution >= 0.6 is 0 Å². The van der Waals surface area contributed by atoms with Crippen molar-refractivity contribution >= 4 is 8.56 Å². The molecule has 2 unspecified atom stereocenters. The highest BCUT2D eigenvalue weighted by Gasteiger charge is 2.43. The molecule has 0 saturated carbocycles. The van der Waals surface area contributed by atoms with Crippen molar-refractivity contribution in [1.82, 2.24) is 0 Å². The first kappa shape index (κ1) is 21.1. The first-order valence-corrected chi connectivity index (χ1v) is 11.3. The van der Waals surface area contributed by atoms with E-state index in [9.17, 15) is 0 Å². The quantitative estimate of drug-likeness (QED) is 0.478. The second-order valence-electron chi connectivity index (χ2n) is 6.63. The molecule has 1 aliphatic heterocycles. The van der Waals surface area contributed by atoms with Gasteiger partial charge < -0.3 is 23.1 Å². The summed E-state index contributed by atoms with van der Waals surface area (Å²) in [4.78, 5) is 0. The van der Waals surface area contributed by atoms with Crippen molar-refractivity contribution in [3.05, 3.63) is 0 Å². The standard InChI is InChI=1S/C17H36O5Si/c1-7-20-16(23(6,21-8-2)22-9-3)12-10-11-15(18-5)17(4)13-19-14-17/h15-16H,7-14H2,1-6H3. The summed E-state index contributed by atoms with van der Waals surface area (Å²) in [5.74, 6) is 0. The summed E-state index contributed by atoms with van der Waals surface area (Å²) in [6, 6.07) is 0. The molecule has 0 amide bonds. The van der Waals surface area contributed by atoms with Gasteiger partial charge in [0.1, 0.15) is 5.73 Å². The van der Waals surface area contributed by atoms with Gasteiger partial charge in [0.05, 0.1) is 19.3 Å². The Bertz CT molecular complexity index is 316. The van der Waals surface area contributed by atoms with E-state index in [1.165, 1.54) is 0 Å². The van der Waals surface area contributed by atoms with E-state index in [1.54, 1.807) is 7.11 Å². The van der Waals surface area contributed by atoms with Crippen molar-refractivity contribution in [1.29, 1.82) is 0 Å². The highest BCUT2D eigenvalue weighted by molar-refractivity contribution is 6.67. The van der Waals surface area contributed by atoms with E-state index in [0.29, 0.717) is 19.8 Å². The summed E-state index contributed by atoms with van der Waals surface area (Å²) in [5, 5.41) is 0. The Morgan fingerprint density at radius 1 is 1.04 bits per heavy atom. The third-order valence-electron chi connectivity index (χ3n) is 4.67. The molecule has 0 aromatic heterocycles. The molecular formula is C17H36O5Si. The largest absolute Gasteiger partial charge is 0.393 e. The van der Waals surface area contributed by atoms with Gasteiger partial charge in [-0.25, -0.2) is 0 Å². The number of methoxy groups -OCH3 is 1. The van der Waals surface area contributed by atoms with E-state index in [-0.39, 0.29) is 17.2 Å². The van der Waals surface area contributed by atoms with Crippen LogP contribution in [0.15, 0.2) is 0 Å². The highest BCUT2D eigenvalue weighted by atomic mass is 28.4. The Morgan fingerprint density at radius 3 is 2.04 bits per heavy atom. The molecule has 0 N–H and O–H groups in total. The van der Waals surface area contributed by atoms with Crippen LogP contribution in [0.3, 0.4) is 0 Å². The SMILES string of the molecule is CCOC(CCCC(OC)C1(C)COC1)[Si](C)(OCC)OCC. The summed E-state index contributed by atoms with van der Waals surface area (Å²) < 4.78 is 29.1. The van der Waals surface area contributed by atoms with Crippen LogP contribution in [0.4, 0.5) is 0 Å². The van der Waals surface area contributed by atoms with Crippen molar-refractivity contribution in [3.63, 3.8) is 0 Å². The van der Waals surface area contributed by atoms with Crippen LogP contribution in [0.25, 0.3) is 0 Å². The number of hydrogen-bond donors (Lipinski definition) is 0. The summed E-state index contributed by atoms with van der Waals surface area (Å²) >= 11 is 0. The van der Waals surface area contributed by atoms with Crippen molar-refractivity contribution in [2.24, 2.45) is 5.41 Å².